The Morgan fingerprint density at radius 3 is 2.82 bits per heavy atom. The van der Waals surface area contributed by atoms with Gasteiger partial charge in [-0.1, -0.05) is 0 Å². The molecule has 0 aromatic heterocycles. The number of anilines is 2. The van der Waals surface area contributed by atoms with E-state index in [1.54, 1.807) is 12.1 Å². The zero-order valence-electron chi connectivity index (χ0n) is 13.1. The Labute approximate surface area is 129 Å². The standard InChI is InChI=1S/C16H22FN3O2/c1-16(2,3)20-9-15(11(7-17)8-18)22-14-5-4-12(19-10-21)6-13(14)20/h4-7,10,15H,8-9,18H2,1-3H3,(H,19,21)/b11-7+. The number of rotatable bonds is 4. The summed E-state index contributed by atoms with van der Waals surface area (Å²) in [6.45, 7) is 6.81. The van der Waals surface area contributed by atoms with Crippen molar-refractivity contribution in [3.05, 3.63) is 30.1 Å². The van der Waals surface area contributed by atoms with E-state index in [1.807, 2.05) is 6.07 Å². The minimum absolute atomic E-state index is 0.110. The lowest BCUT2D eigenvalue weighted by Gasteiger charge is -2.44. The Morgan fingerprint density at radius 1 is 1.55 bits per heavy atom. The number of halogens is 1. The summed E-state index contributed by atoms with van der Waals surface area (Å²) in [7, 11) is 0. The fourth-order valence-corrected chi connectivity index (χ4v) is 2.51. The minimum Gasteiger partial charge on any atom is -0.482 e. The minimum atomic E-state index is -0.424. The molecule has 5 nitrogen and oxygen atoms in total. The van der Waals surface area contributed by atoms with E-state index in [4.69, 9.17) is 10.5 Å². The van der Waals surface area contributed by atoms with Crippen LogP contribution in [0.2, 0.25) is 0 Å². The third kappa shape index (κ3) is 3.22. The van der Waals surface area contributed by atoms with Crippen molar-refractivity contribution < 1.29 is 13.9 Å². The third-order valence-corrected chi connectivity index (χ3v) is 3.69. The molecule has 1 atom stereocenters. The largest absolute Gasteiger partial charge is 0.482 e. The maximum absolute atomic E-state index is 13.0. The van der Waals surface area contributed by atoms with Crippen LogP contribution in [0, 0.1) is 0 Å². The average Bonchev–Trinajstić information content (AvgIpc) is 2.47. The van der Waals surface area contributed by atoms with Gasteiger partial charge in [-0.05, 0) is 39.0 Å². The topological polar surface area (TPSA) is 67.6 Å². The molecule has 0 saturated carbocycles. The highest BCUT2D eigenvalue weighted by Crippen LogP contribution is 2.40. The van der Waals surface area contributed by atoms with Crippen molar-refractivity contribution in [1.82, 2.24) is 0 Å². The van der Waals surface area contributed by atoms with Gasteiger partial charge in [0.25, 0.3) is 0 Å². The molecule has 1 aliphatic rings. The van der Waals surface area contributed by atoms with Crippen molar-refractivity contribution in [1.29, 1.82) is 0 Å². The Hall–Kier alpha value is -2.08. The molecule has 22 heavy (non-hydrogen) atoms. The first-order valence-corrected chi connectivity index (χ1v) is 7.18. The number of fused-ring (bicyclic) bond motifs is 1. The number of hydrogen-bond acceptors (Lipinski definition) is 4. The number of ether oxygens (including phenoxy) is 1. The van der Waals surface area contributed by atoms with Crippen LogP contribution in [0.15, 0.2) is 30.1 Å². The SMILES string of the molecule is CC(C)(C)N1CC(/C(=C/F)CN)Oc2ccc(NC=O)cc21. The van der Waals surface area contributed by atoms with E-state index in [0.29, 0.717) is 36.3 Å². The Kier molecular flexibility index (Phi) is 4.71. The Morgan fingerprint density at radius 2 is 2.27 bits per heavy atom. The van der Waals surface area contributed by atoms with Crippen LogP contribution < -0.4 is 20.7 Å². The lowest BCUT2D eigenvalue weighted by atomic mass is 9.99. The van der Waals surface area contributed by atoms with Crippen LogP contribution in [0.25, 0.3) is 0 Å². The van der Waals surface area contributed by atoms with Gasteiger partial charge in [-0.2, -0.15) is 0 Å². The van der Waals surface area contributed by atoms with Gasteiger partial charge in [0.05, 0.1) is 18.6 Å². The van der Waals surface area contributed by atoms with Gasteiger partial charge in [-0.3, -0.25) is 4.79 Å². The summed E-state index contributed by atoms with van der Waals surface area (Å²) in [5.41, 5.74) is 7.39. The molecule has 1 aromatic rings. The first-order valence-electron chi connectivity index (χ1n) is 7.18. The molecule has 0 radical (unpaired) electrons. The van der Waals surface area contributed by atoms with E-state index in [0.717, 1.165) is 5.69 Å². The molecule has 2 rings (SSSR count). The van der Waals surface area contributed by atoms with Crippen molar-refractivity contribution in [2.45, 2.75) is 32.4 Å². The molecule has 6 heteroatoms. The molecule has 0 fully saturated rings. The Balaban J connectivity index is 2.45. The first kappa shape index (κ1) is 16.3. The molecule has 0 aliphatic carbocycles. The second kappa shape index (κ2) is 6.36. The van der Waals surface area contributed by atoms with Crippen molar-refractivity contribution in [3.8, 4) is 5.75 Å². The summed E-state index contributed by atoms with van der Waals surface area (Å²) in [6, 6.07) is 5.38. The summed E-state index contributed by atoms with van der Waals surface area (Å²) in [5, 5.41) is 2.63. The Bertz CT molecular complexity index is 581. The molecule has 1 heterocycles. The molecule has 1 aromatic carbocycles. The van der Waals surface area contributed by atoms with Gasteiger partial charge in [0.2, 0.25) is 6.41 Å². The molecule has 0 saturated heterocycles. The highest BCUT2D eigenvalue weighted by Gasteiger charge is 2.34. The van der Waals surface area contributed by atoms with Crippen LogP contribution in [-0.2, 0) is 4.79 Å². The van der Waals surface area contributed by atoms with Crippen LogP contribution in [0.1, 0.15) is 20.8 Å². The van der Waals surface area contributed by atoms with E-state index < -0.39 is 6.10 Å². The zero-order chi connectivity index (χ0) is 16.3. The summed E-state index contributed by atoms with van der Waals surface area (Å²) in [6.07, 6.45) is 0.735. The van der Waals surface area contributed by atoms with E-state index >= 15 is 0 Å². The smallest absolute Gasteiger partial charge is 0.211 e. The summed E-state index contributed by atoms with van der Waals surface area (Å²) < 4.78 is 18.9. The first-order chi connectivity index (χ1) is 10.4. The molecule has 0 bridgehead atoms. The summed E-state index contributed by atoms with van der Waals surface area (Å²) in [5.74, 6) is 0.649. The number of hydrogen-bond donors (Lipinski definition) is 2. The number of carbonyl (C=O) groups excluding carboxylic acids is 1. The van der Waals surface area contributed by atoms with Gasteiger partial charge in [0.1, 0.15) is 11.9 Å². The van der Waals surface area contributed by atoms with Crippen LogP contribution in [-0.4, -0.2) is 31.1 Å². The van der Waals surface area contributed by atoms with Gasteiger partial charge in [-0.15, -0.1) is 0 Å². The number of nitrogens with one attached hydrogen (secondary N) is 1. The molecule has 0 spiro atoms. The lowest BCUT2D eigenvalue weighted by Crippen LogP contribution is -2.51. The number of nitrogens with two attached hydrogens (primary N) is 1. The van der Waals surface area contributed by atoms with E-state index in [9.17, 15) is 9.18 Å². The fourth-order valence-electron chi connectivity index (χ4n) is 2.51. The zero-order valence-corrected chi connectivity index (χ0v) is 13.1. The maximum atomic E-state index is 13.0. The van der Waals surface area contributed by atoms with E-state index in [-0.39, 0.29) is 12.1 Å². The second-order valence-electron chi connectivity index (χ2n) is 6.22. The van der Waals surface area contributed by atoms with Crippen molar-refractivity contribution >= 4 is 17.8 Å². The summed E-state index contributed by atoms with van der Waals surface area (Å²) >= 11 is 0. The van der Waals surface area contributed by atoms with Crippen molar-refractivity contribution in [2.75, 3.05) is 23.3 Å². The predicted molar refractivity (Wildman–Crippen MR) is 85.9 cm³/mol. The monoisotopic (exact) mass is 307 g/mol. The molecule has 1 amide bonds. The van der Waals surface area contributed by atoms with Gasteiger partial charge < -0.3 is 20.7 Å². The summed E-state index contributed by atoms with van der Waals surface area (Å²) in [4.78, 5) is 12.8. The maximum Gasteiger partial charge on any atom is 0.211 e. The molecule has 1 aliphatic heterocycles. The number of amides is 1. The van der Waals surface area contributed by atoms with Gasteiger partial charge >= 0.3 is 0 Å². The average molecular weight is 307 g/mol. The fraction of sp³-hybridized carbons (Fsp3) is 0.438. The quantitative estimate of drug-likeness (QED) is 0.838. The number of carbonyl (C=O) groups is 1. The van der Waals surface area contributed by atoms with E-state index in [1.165, 1.54) is 0 Å². The van der Waals surface area contributed by atoms with Crippen LogP contribution in [0.5, 0.6) is 5.75 Å². The number of benzene rings is 1. The number of nitrogens with zero attached hydrogens (tertiary/aromatic N) is 1. The third-order valence-electron chi connectivity index (χ3n) is 3.69. The molecular weight excluding hydrogens is 285 g/mol. The second-order valence-corrected chi connectivity index (χ2v) is 6.22. The normalized spacial score (nSPS) is 18.5. The van der Waals surface area contributed by atoms with Crippen molar-refractivity contribution in [2.24, 2.45) is 5.73 Å². The van der Waals surface area contributed by atoms with Crippen LogP contribution in [0.4, 0.5) is 15.8 Å². The highest BCUT2D eigenvalue weighted by molar-refractivity contribution is 5.76. The molecule has 1 unspecified atom stereocenters. The molecular formula is C16H22FN3O2. The van der Waals surface area contributed by atoms with Crippen molar-refractivity contribution in [3.63, 3.8) is 0 Å². The molecule has 3 N–H and O–H groups in total. The van der Waals surface area contributed by atoms with Crippen LogP contribution >= 0.6 is 0 Å². The predicted octanol–water partition coefficient (Wildman–Crippen LogP) is 2.43. The van der Waals surface area contributed by atoms with Gasteiger partial charge in [0.15, 0.2) is 0 Å². The highest BCUT2D eigenvalue weighted by atomic mass is 19.1. The van der Waals surface area contributed by atoms with Gasteiger partial charge in [0, 0.05) is 23.3 Å². The van der Waals surface area contributed by atoms with E-state index in [2.05, 4.69) is 31.0 Å². The van der Waals surface area contributed by atoms with Crippen LogP contribution in [0.3, 0.4) is 0 Å². The van der Waals surface area contributed by atoms with Gasteiger partial charge in [-0.25, -0.2) is 4.39 Å². The molecule has 120 valence electrons. The lowest BCUT2D eigenvalue weighted by molar-refractivity contribution is -0.105.